The molecule has 140 valence electrons. The van der Waals surface area contributed by atoms with Gasteiger partial charge in [-0.25, -0.2) is 0 Å². The van der Waals surface area contributed by atoms with Crippen molar-refractivity contribution in [2.24, 2.45) is 0 Å². The van der Waals surface area contributed by atoms with E-state index in [2.05, 4.69) is 36.1 Å². The van der Waals surface area contributed by atoms with Crippen molar-refractivity contribution in [1.29, 1.82) is 0 Å². The van der Waals surface area contributed by atoms with Gasteiger partial charge in [0.1, 0.15) is 5.60 Å². The van der Waals surface area contributed by atoms with Crippen LogP contribution in [0, 0.1) is 0 Å². The topological polar surface area (TPSA) is 21.7 Å². The fourth-order valence-corrected chi connectivity index (χ4v) is 4.54. The zero-order valence-electron chi connectivity index (χ0n) is 16.1. The smallest absolute Gasteiger partial charge is 0.162 e. The third-order valence-electron chi connectivity index (χ3n) is 5.88. The Hall–Kier alpha value is -0.900. The third kappa shape index (κ3) is 4.64. The number of methoxy groups -OCH3 is 1. The number of unbranched alkanes of at least 4 members (excludes halogenated alkanes) is 5. The van der Waals surface area contributed by atoms with Gasteiger partial charge in [-0.15, -0.1) is 0 Å². The Morgan fingerprint density at radius 1 is 1.16 bits per heavy atom. The first-order valence-corrected chi connectivity index (χ1v) is 10.3. The van der Waals surface area contributed by atoms with Gasteiger partial charge in [0, 0.05) is 20.1 Å². The third-order valence-corrected chi connectivity index (χ3v) is 5.88. The molecule has 0 aromatic heterocycles. The van der Waals surface area contributed by atoms with Crippen LogP contribution in [0.2, 0.25) is 0 Å². The predicted octanol–water partition coefficient (Wildman–Crippen LogP) is 4.88. The highest BCUT2D eigenvalue weighted by atomic mass is 16.7. The van der Waals surface area contributed by atoms with Gasteiger partial charge in [-0.1, -0.05) is 63.3 Å². The summed E-state index contributed by atoms with van der Waals surface area (Å²) in [6, 6.07) is 8.82. The number of nitrogens with zero attached hydrogens (tertiary/aromatic N) is 1. The lowest BCUT2D eigenvalue weighted by molar-refractivity contribution is -0.228. The Kier molecular flexibility index (Phi) is 6.92. The van der Waals surface area contributed by atoms with Crippen molar-refractivity contribution >= 4 is 0 Å². The molecule has 1 aromatic rings. The Labute approximate surface area is 153 Å². The summed E-state index contributed by atoms with van der Waals surface area (Å²) in [5.41, 5.74) is 2.63. The molecule has 0 radical (unpaired) electrons. The van der Waals surface area contributed by atoms with E-state index >= 15 is 0 Å². The van der Waals surface area contributed by atoms with E-state index in [4.69, 9.17) is 9.47 Å². The number of benzene rings is 1. The lowest BCUT2D eigenvalue weighted by Gasteiger charge is -2.48. The van der Waals surface area contributed by atoms with Crippen LogP contribution in [0.15, 0.2) is 24.3 Å². The number of fused-ring (bicyclic) bond motifs is 2. The van der Waals surface area contributed by atoms with Gasteiger partial charge < -0.3 is 14.4 Å². The molecule has 25 heavy (non-hydrogen) atoms. The molecule has 3 nitrogen and oxygen atoms in total. The van der Waals surface area contributed by atoms with Gasteiger partial charge in [0.05, 0.1) is 0 Å². The van der Waals surface area contributed by atoms with E-state index in [-0.39, 0.29) is 11.9 Å². The molecule has 1 spiro atoms. The largest absolute Gasteiger partial charge is 0.355 e. The van der Waals surface area contributed by atoms with Gasteiger partial charge >= 0.3 is 0 Å². The lowest BCUT2D eigenvalue weighted by atomic mass is 9.80. The maximum Gasteiger partial charge on any atom is 0.162 e. The van der Waals surface area contributed by atoms with E-state index in [1.807, 2.05) is 0 Å². The van der Waals surface area contributed by atoms with Crippen LogP contribution in [0.4, 0.5) is 0 Å². The molecule has 0 amide bonds. The van der Waals surface area contributed by atoms with Gasteiger partial charge in [0.15, 0.2) is 6.29 Å². The normalized spacial score (nSPS) is 26.7. The molecule has 3 heteroatoms. The second kappa shape index (κ2) is 9.16. The van der Waals surface area contributed by atoms with Crippen LogP contribution >= 0.6 is 0 Å². The SMILES string of the molecule is CCCCCCCCN1CCC[C@@]2(C1)O[C@H](OC)Cc1ccccc12. The zero-order chi connectivity index (χ0) is 17.5. The molecule has 3 rings (SSSR count). The predicted molar refractivity (Wildman–Crippen MR) is 103 cm³/mol. The molecule has 2 aliphatic rings. The van der Waals surface area contributed by atoms with E-state index in [1.165, 1.54) is 69.2 Å². The molecule has 2 atom stereocenters. The summed E-state index contributed by atoms with van der Waals surface area (Å²) in [5.74, 6) is 0. The lowest BCUT2D eigenvalue weighted by Crippen LogP contribution is -2.52. The molecule has 2 heterocycles. The molecule has 0 aliphatic carbocycles. The summed E-state index contributed by atoms with van der Waals surface area (Å²) in [6.45, 7) is 5.71. The van der Waals surface area contributed by atoms with Crippen molar-refractivity contribution in [3.8, 4) is 0 Å². The van der Waals surface area contributed by atoms with Crippen LogP contribution in [0.3, 0.4) is 0 Å². The molecule has 0 unspecified atom stereocenters. The van der Waals surface area contributed by atoms with Gasteiger partial charge in [0.25, 0.3) is 0 Å². The Morgan fingerprint density at radius 3 is 2.80 bits per heavy atom. The van der Waals surface area contributed by atoms with Crippen LogP contribution in [0.1, 0.15) is 69.4 Å². The van der Waals surface area contributed by atoms with Crippen molar-refractivity contribution in [2.75, 3.05) is 26.7 Å². The van der Waals surface area contributed by atoms with Crippen LogP contribution in [0.25, 0.3) is 0 Å². The summed E-state index contributed by atoms with van der Waals surface area (Å²) in [5, 5.41) is 0. The fraction of sp³-hybridized carbons (Fsp3) is 0.727. The fourth-order valence-electron chi connectivity index (χ4n) is 4.54. The van der Waals surface area contributed by atoms with E-state index < -0.39 is 0 Å². The van der Waals surface area contributed by atoms with E-state index in [9.17, 15) is 0 Å². The van der Waals surface area contributed by atoms with Crippen LogP contribution in [-0.4, -0.2) is 37.9 Å². The first-order valence-electron chi connectivity index (χ1n) is 10.3. The first kappa shape index (κ1) is 18.9. The average Bonchev–Trinajstić information content (AvgIpc) is 2.65. The highest BCUT2D eigenvalue weighted by Crippen LogP contribution is 2.42. The number of likely N-dealkylation sites (tertiary alicyclic amines) is 1. The van der Waals surface area contributed by atoms with Gasteiger partial charge in [-0.3, -0.25) is 0 Å². The van der Waals surface area contributed by atoms with Gasteiger partial charge in [-0.2, -0.15) is 0 Å². The van der Waals surface area contributed by atoms with Crippen molar-refractivity contribution in [3.05, 3.63) is 35.4 Å². The highest BCUT2D eigenvalue weighted by molar-refractivity contribution is 5.35. The second-order valence-electron chi connectivity index (χ2n) is 7.79. The molecule has 0 bridgehead atoms. The summed E-state index contributed by atoms with van der Waals surface area (Å²) in [6.07, 6.45) is 11.2. The molecule has 1 saturated heterocycles. The molecule has 1 aromatic carbocycles. The van der Waals surface area contributed by atoms with Gasteiger partial charge in [-0.05, 0) is 43.5 Å². The number of piperidine rings is 1. The average molecular weight is 346 g/mol. The summed E-state index contributed by atoms with van der Waals surface area (Å²) in [7, 11) is 1.77. The van der Waals surface area contributed by atoms with Crippen molar-refractivity contribution in [3.63, 3.8) is 0 Å². The summed E-state index contributed by atoms with van der Waals surface area (Å²) < 4.78 is 12.1. The maximum atomic E-state index is 6.52. The van der Waals surface area contributed by atoms with E-state index in [1.54, 1.807) is 7.11 Å². The number of ether oxygens (including phenoxy) is 2. The molecular formula is C22H35NO2. The molecule has 0 N–H and O–H groups in total. The standard InChI is InChI=1S/C22H35NO2/c1-3-4-5-6-7-10-15-23-16-11-14-22(18-23)20-13-9-8-12-19(20)17-21(24-2)25-22/h8-9,12-13,21H,3-7,10-11,14-18H2,1-2H3/t21-,22-/m0/s1. The van der Waals surface area contributed by atoms with E-state index in [0.29, 0.717) is 0 Å². The summed E-state index contributed by atoms with van der Waals surface area (Å²) in [4.78, 5) is 2.62. The quantitative estimate of drug-likeness (QED) is 0.627. The van der Waals surface area contributed by atoms with E-state index in [0.717, 1.165) is 19.4 Å². The minimum atomic E-state index is -0.171. The molecular weight excluding hydrogens is 310 g/mol. The number of hydrogen-bond donors (Lipinski definition) is 0. The summed E-state index contributed by atoms with van der Waals surface area (Å²) >= 11 is 0. The monoisotopic (exact) mass is 345 g/mol. The van der Waals surface area contributed by atoms with Crippen molar-refractivity contribution in [1.82, 2.24) is 4.90 Å². The van der Waals surface area contributed by atoms with Crippen molar-refractivity contribution in [2.45, 2.75) is 76.6 Å². The van der Waals surface area contributed by atoms with Crippen LogP contribution < -0.4 is 0 Å². The Morgan fingerprint density at radius 2 is 1.96 bits per heavy atom. The Bertz CT molecular complexity index is 533. The zero-order valence-corrected chi connectivity index (χ0v) is 16.1. The number of hydrogen-bond acceptors (Lipinski definition) is 3. The van der Waals surface area contributed by atoms with Gasteiger partial charge in [0.2, 0.25) is 0 Å². The van der Waals surface area contributed by atoms with Crippen molar-refractivity contribution < 1.29 is 9.47 Å². The minimum Gasteiger partial charge on any atom is -0.355 e. The second-order valence-corrected chi connectivity index (χ2v) is 7.79. The van der Waals surface area contributed by atoms with Crippen LogP contribution in [-0.2, 0) is 21.5 Å². The molecule has 0 saturated carbocycles. The van der Waals surface area contributed by atoms with Crippen LogP contribution in [0.5, 0.6) is 0 Å². The molecule has 2 aliphatic heterocycles. The maximum absolute atomic E-state index is 6.52. The highest BCUT2D eigenvalue weighted by Gasteiger charge is 2.44. The Balaban J connectivity index is 1.61. The first-order chi connectivity index (χ1) is 12.3. The number of rotatable bonds is 8. The molecule has 1 fully saturated rings. The minimum absolute atomic E-state index is 0.108.